The molecule has 3 aromatic rings. The molecule has 0 saturated heterocycles. The van der Waals surface area contributed by atoms with Crippen molar-refractivity contribution >= 4 is 11.6 Å². The second-order valence-electron chi connectivity index (χ2n) is 6.51. The van der Waals surface area contributed by atoms with Crippen molar-refractivity contribution in [1.82, 2.24) is 9.78 Å². The van der Waals surface area contributed by atoms with Crippen molar-refractivity contribution in [3.05, 3.63) is 76.1 Å². The Bertz CT molecular complexity index is 1110. The van der Waals surface area contributed by atoms with E-state index in [2.05, 4.69) is 10.4 Å². The molecule has 0 spiro atoms. The lowest BCUT2D eigenvalue weighted by Crippen LogP contribution is -2.33. The zero-order chi connectivity index (χ0) is 21.1. The molecule has 0 aliphatic heterocycles. The highest BCUT2D eigenvalue weighted by atomic mass is 19.1. The first-order valence-electron chi connectivity index (χ1n) is 8.80. The summed E-state index contributed by atoms with van der Waals surface area (Å²) in [5.74, 6) is -1.65. The van der Waals surface area contributed by atoms with Crippen molar-refractivity contribution < 1.29 is 18.3 Å². The van der Waals surface area contributed by atoms with E-state index in [1.807, 2.05) is 6.07 Å². The number of aromatic nitrogens is 2. The van der Waals surface area contributed by atoms with Crippen LogP contribution in [0.5, 0.6) is 5.75 Å². The van der Waals surface area contributed by atoms with Gasteiger partial charge in [-0.15, -0.1) is 0 Å². The number of carbonyl (C=O) groups is 1. The molecule has 8 heteroatoms. The SMILES string of the molecule is COc1cccc(-c2nn(C(C)C(=O)Nc3cc(F)cc(F)c3)c(=O)cc2C)c1. The zero-order valence-corrected chi connectivity index (χ0v) is 16.1. The fraction of sp³-hybridized carbons (Fsp3) is 0.190. The molecule has 0 radical (unpaired) electrons. The smallest absolute Gasteiger partial charge is 0.267 e. The van der Waals surface area contributed by atoms with Crippen LogP contribution in [-0.4, -0.2) is 22.8 Å². The second kappa shape index (κ2) is 8.22. The molecule has 0 aliphatic rings. The van der Waals surface area contributed by atoms with Gasteiger partial charge in [0.15, 0.2) is 0 Å². The van der Waals surface area contributed by atoms with Crippen LogP contribution < -0.4 is 15.6 Å². The van der Waals surface area contributed by atoms with E-state index in [4.69, 9.17) is 4.74 Å². The molecule has 0 saturated carbocycles. The van der Waals surface area contributed by atoms with Crippen molar-refractivity contribution in [3.8, 4) is 17.0 Å². The minimum Gasteiger partial charge on any atom is -0.497 e. The highest BCUT2D eigenvalue weighted by Gasteiger charge is 2.20. The summed E-state index contributed by atoms with van der Waals surface area (Å²) < 4.78 is 32.9. The standard InChI is InChI=1S/C21H19F2N3O3/c1-12-7-19(27)26(25-20(12)14-5-4-6-18(8-14)29-3)13(2)21(28)24-17-10-15(22)9-16(23)11-17/h4-11,13H,1-3H3,(H,24,28). The van der Waals surface area contributed by atoms with E-state index in [9.17, 15) is 18.4 Å². The summed E-state index contributed by atoms with van der Waals surface area (Å²) >= 11 is 0. The Labute approximate surface area is 165 Å². The first kappa shape index (κ1) is 20.2. The molecule has 1 aromatic heterocycles. The third-order valence-corrected chi connectivity index (χ3v) is 4.37. The van der Waals surface area contributed by atoms with Crippen LogP contribution in [-0.2, 0) is 4.79 Å². The molecule has 29 heavy (non-hydrogen) atoms. The number of anilines is 1. The first-order valence-corrected chi connectivity index (χ1v) is 8.80. The number of nitrogens with one attached hydrogen (secondary N) is 1. The predicted molar refractivity (Wildman–Crippen MR) is 105 cm³/mol. The molecule has 0 fully saturated rings. The highest BCUT2D eigenvalue weighted by Crippen LogP contribution is 2.24. The predicted octanol–water partition coefficient (Wildman–Crippen LogP) is 3.71. The first-order chi connectivity index (χ1) is 13.8. The fourth-order valence-electron chi connectivity index (χ4n) is 2.87. The minimum absolute atomic E-state index is 0.0486. The average Bonchev–Trinajstić information content (AvgIpc) is 2.66. The summed E-state index contributed by atoms with van der Waals surface area (Å²) in [6.07, 6.45) is 0. The quantitative estimate of drug-likeness (QED) is 0.710. The van der Waals surface area contributed by atoms with Crippen LogP contribution in [0, 0.1) is 18.6 Å². The third kappa shape index (κ3) is 4.48. The van der Waals surface area contributed by atoms with Crippen molar-refractivity contribution in [2.45, 2.75) is 19.9 Å². The van der Waals surface area contributed by atoms with Crippen LogP contribution in [0.2, 0.25) is 0 Å². The van der Waals surface area contributed by atoms with Crippen LogP contribution in [0.1, 0.15) is 18.5 Å². The Morgan fingerprint density at radius 3 is 2.48 bits per heavy atom. The largest absolute Gasteiger partial charge is 0.497 e. The van der Waals surface area contributed by atoms with Gasteiger partial charge in [0.25, 0.3) is 5.56 Å². The van der Waals surface area contributed by atoms with E-state index in [1.54, 1.807) is 32.2 Å². The van der Waals surface area contributed by atoms with E-state index >= 15 is 0 Å². The maximum absolute atomic E-state index is 13.3. The van der Waals surface area contributed by atoms with Gasteiger partial charge in [0.1, 0.15) is 23.4 Å². The molecular weight excluding hydrogens is 380 g/mol. The Morgan fingerprint density at radius 2 is 1.83 bits per heavy atom. The van der Waals surface area contributed by atoms with Gasteiger partial charge >= 0.3 is 0 Å². The molecule has 1 atom stereocenters. The van der Waals surface area contributed by atoms with E-state index in [1.165, 1.54) is 13.0 Å². The summed E-state index contributed by atoms with van der Waals surface area (Å²) in [5, 5.41) is 6.76. The lowest BCUT2D eigenvalue weighted by atomic mass is 10.1. The molecule has 2 aromatic carbocycles. The van der Waals surface area contributed by atoms with Gasteiger partial charge in [-0.2, -0.15) is 5.10 Å². The van der Waals surface area contributed by atoms with Crippen LogP contribution in [0.25, 0.3) is 11.3 Å². The molecule has 0 aliphatic carbocycles. The number of amides is 1. The molecule has 0 bridgehead atoms. The van der Waals surface area contributed by atoms with Gasteiger partial charge in [-0.3, -0.25) is 9.59 Å². The van der Waals surface area contributed by atoms with Crippen molar-refractivity contribution in [1.29, 1.82) is 0 Å². The molecule has 1 heterocycles. The minimum atomic E-state index is -1.02. The molecule has 1 N–H and O–H groups in total. The summed E-state index contributed by atoms with van der Waals surface area (Å²) in [6.45, 7) is 3.22. The average molecular weight is 399 g/mol. The summed E-state index contributed by atoms with van der Waals surface area (Å²) in [5.41, 5.74) is 1.35. The Balaban J connectivity index is 1.94. The van der Waals surface area contributed by atoms with Crippen LogP contribution in [0.15, 0.2) is 53.3 Å². The maximum atomic E-state index is 13.3. The zero-order valence-electron chi connectivity index (χ0n) is 16.1. The lowest BCUT2D eigenvalue weighted by molar-refractivity contribution is -0.119. The topological polar surface area (TPSA) is 73.2 Å². The number of hydrogen-bond donors (Lipinski definition) is 1. The number of rotatable bonds is 5. The van der Waals surface area contributed by atoms with E-state index in [0.717, 1.165) is 22.4 Å². The van der Waals surface area contributed by atoms with Crippen LogP contribution in [0.3, 0.4) is 0 Å². The monoisotopic (exact) mass is 399 g/mol. The number of halogens is 2. The lowest BCUT2D eigenvalue weighted by Gasteiger charge is -2.16. The number of methoxy groups -OCH3 is 1. The van der Waals surface area contributed by atoms with Crippen molar-refractivity contribution in [3.63, 3.8) is 0 Å². The number of ether oxygens (including phenoxy) is 1. The van der Waals surface area contributed by atoms with Gasteiger partial charge in [-0.1, -0.05) is 12.1 Å². The van der Waals surface area contributed by atoms with E-state index in [-0.39, 0.29) is 5.69 Å². The van der Waals surface area contributed by atoms with Gasteiger partial charge in [0.05, 0.1) is 12.8 Å². The van der Waals surface area contributed by atoms with Gasteiger partial charge in [-0.25, -0.2) is 13.5 Å². The molecular formula is C21H19F2N3O3. The Kier molecular flexibility index (Phi) is 5.72. The normalized spacial score (nSPS) is 11.8. The molecule has 1 amide bonds. The van der Waals surface area contributed by atoms with Crippen LogP contribution >= 0.6 is 0 Å². The highest BCUT2D eigenvalue weighted by molar-refractivity contribution is 5.93. The maximum Gasteiger partial charge on any atom is 0.267 e. The van der Waals surface area contributed by atoms with Crippen LogP contribution in [0.4, 0.5) is 14.5 Å². The third-order valence-electron chi connectivity index (χ3n) is 4.37. The fourth-order valence-corrected chi connectivity index (χ4v) is 2.87. The number of hydrogen-bond acceptors (Lipinski definition) is 4. The van der Waals surface area contributed by atoms with Crippen molar-refractivity contribution in [2.75, 3.05) is 12.4 Å². The number of benzene rings is 2. The van der Waals surface area contributed by atoms with E-state index < -0.39 is 29.1 Å². The van der Waals surface area contributed by atoms with Gasteiger partial charge in [0.2, 0.25) is 5.91 Å². The summed E-state index contributed by atoms with van der Waals surface area (Å²) in [4.78, 5) is 25.0. The number of aryl methyl sites for hydroxylation is 1. The molecule has 3 rings (SSSR count). The van der Waals surface area contributed by atoms with Crippen molar-refractivity contribution in [2.24, 2.45) is 0 Å². The Hall–Kier alpha value is -3.55. The van der Waals surface area contributed by atoms with Gasteiger partial charge in [0, 0.05) is 23.4 Å². The number of carbonyl (C=O) groups excluding carboxylic acids is 1. The van der Waals surface area contributed by atoms with Gasteiger partial charge < -0.3 is 10.1 Å². The molecule has 1 unspecified atom stereocenters. The van der Waals surface area contributed by atoms with E-state index in [0.29, 0.717) is 23.1 Å². The summed E-state index contributed by atoms with van der Waals surface area (Å²) in [6, 6.07) is 10.2. The molecule has 150 valence electrons. The Morgan fingerprint density at radius 1 is 1.14 bits per heavy atom. The van der Waals surface area contributed by atoms with Gasteiger partial charge in [-0.05, 0) is 43.7 Å². The number of nitrogens with zero attached hydrogens (tertiary/aromatic N) is 2. The molecule has 6 nitrogen and oxygen atoms in total. The second-order valence-corrected chi connectivity index (χ2v) is 6.51. The summed E-state index contributed by atoms with van der Waals surface area (Å²) in [7, 11) is 1.54.